The van der Waals surface area contributed by atoms with Crippen molar-refractivity contribution in [3.63, 3.8) is 0 Å². The van der Waals surface area contributed by atoms with E-state index in [1.807, 2.05) is 0 Å². The number of hydrogen-bond acceptors (Lipinski definition) is 2. The molecule has 1 aromatic carbocycles. The lowest BCUT2D eigenvalue weighted by Gasteiger charge is -2.32. The summed E-state index contributed by atoms with van der Waals surface area (Å²) in [5, 5.41) is 20.0. The summed E-state index contributed by atoms with van der Waals surface area (Å²) in [5.74, 6) is 0. The molecule has 0 amide bonds. The summed E-state index contributed by atoms with van der Waals surface area (Å²) in [6.07, 6.45) is 5.63. The van der Waals surface area contributed by atoms with E-state index in [1.54, 1.807) is 0 Å². The van der Waals surface area contributed by atoms with Gasteiger partial charge in [0.2, 0.25) is 0 Å². The van der Waals surface area contributed by atoms with E-state index >= 15 is 0 Å². The second-order valence-corrected chi connectivity index (χ2v) is 10.4. The fraction of sp³-hybridized carbons (Fsp3) is 0.647. The second kappa shape index (κ2) is 10.1. The largest absolute Gasteiger partial charge is 0.396 e. The number of rotatable bonds is 11. The minimum absolute atomic E-state index is 0.286. The Morgan fingerprint density at radius 1 is 0.800 bits per heavy atom. The molecule has 0 fully saturated rings. The van der Waals surface area contributed by atoms with Gasteiger partial charge in [-0.05, 0) is 12.8 Å². The van der Waals surface area contributed by atoms with Crippen molar-refractivity contribution in [2.45, 2.75) is 57.2 Å². The maximum atomic E-state index is 9.25. The van der Waals surface area contributed by atoms with E-state index in [0.717, 1.165) is 24.9 Å². The molecule has 0 bridgehead atoms. The van der Waals surface area contributed by atoms with Gasteiger partial charge in [0, 0.05) is 13.2 Å². The molecule has 114 valence electrons. The Balaban J connectivity index is 2.90. The molecule has 0 radical (unpaired) electrons. The van der Waals surface area contributed by atoms with Crippen molar-refractivity contribution in [1.82, 2.24) is 0 Å². The van der Waals surface area contributed by atoms with Crippen molar-refractivity contribution in [3.05, 3.63) is 30.3 Å². The van der Waals surface area contributed by atoms with Gasteiger partial charge in [0.1, 0.15) is 0 Å². The Morgan fingerprint density at radius 2 is 1.35 bits per heavy atom. The van der Waals surface area contributed by atoms with Crippen LogP contribution in [0.1, 0.15) is 39.0 Å². The van der Waals surface area contributed by atoms with Crippen LogP contribution in [0, 0.1) is 0 Å². The van der Waals surface area contributed by atoms with E-state index in [1.165, 1.54) is 30.5 Å². The van der Waals surface area contributed by atoms with Crippen LogP contribution in [-0.4, -0.2) is 31.5 Å². The van der Waals surface area contributed by atoms with Crippen LogP contribution in [0.15, 0.2) is 30.3 Å². The Hall–Kier alpha value is -0.643. The number of aliphatic hydroxyl groups is 2. The van der Waals surface area contributed by atoms with E-state index in [9.17, 15) is 10.2 Å². The van der Waals surface area contributed by atoms with Gasteiger partial charge in [-0.1, -0.05) is 79.8 Å². The van der Waals surface area contributed by atoms with Crippen LogP contribution in [0.5, 0.6) is 0 Å². The molecule has 3 heteroatoms. The Kier molecular flexibility index (Phi) is 8.82. The van der Waals surface area contributed by atoms with Gasteiger partial charge < -0.3 is 10.2 Å². The number of hydrogen-bond donors (Lipinski definition) is 2. The lowest BCUT2D eigenvalue weighted by Crippen LogP contribution is -2.47. The number of aliphatic hydroxyl groups excluding tert-OH is 2. The monoisotopic (exact) mass is 294 g/mol. The molecule has 0 unspecified atom stereocenters. The lowest BCUT2D eigenvalue weighted by atomic mass is 10.3. The zero-order valence-electron chi connectivity index (χ0n) is 12.9. The Labute approximate surface area is 124 Å². The second-order valence-electron chi connectivity index (χ2n) is 5.76. The van der Waals surface area contributed by atoms with Crippen molar-refractivity contribution in [2.75, 3.05) is 13.2 Å². The topological polar surface area (TPSA) is 40.5 Å². The molecule has 0 heterocycles. The van der Waals surface area contributed by atoms with Crippen LogP contribution in [-0.2, 0) is 0 Å². The van der Waals surface area contributed by atoms with E-state index in [2.05, 4.69) is 37.3 Å². The standard InChI is InChI=1S/C17H30O2Si/c1-2-3-7-14-20(15-8-12-18,16-9-13-19)17-10-5-4-6-11-17/h4-6,10-11,18-19H,2-3,7-9,12-16H2,1H3. The molecular formula is C17H30O2Si. The average molecular weight is 295 g/mol. The van der Waals surface area contributed by atoms with E-state index < -0.39 is 8.07 Å². The molecule has 0 atom stereocenters. The molecule has 0 saturated carbocycles. The van der Waals surface area contributed by atoms with E-state index in [4.69, 9.17) is 0 Å². The molecule has 0 aliphatic heterocycles. The lowest BCUT2D eigenvalue weighted by molar-refractivity contribution is 0.291. The van der Waals surface area contributed by atoms with Crippen LogP contribution in [0.2, 0.25) is 18.1 Å². The minimum atomic E-state index is -1.57. The maximum absolute atomic E-state index is 9.25. The summed E-state index contributed by atoms with van der Waals surface area (Å²) in [6, 6.07) is 14.5. The Morgan fingerprint density at radius 3 is 1.85 bits per heavy atom. The van der Waals surface area contributed by atoms with Gasteiger partial charge in [0.25, 0.3) is 0 Å². The van der Waals surface area contributed by atoms with Crippen molar-refractivity contribution < 1.29 is 10.2 Å². The third-order valence-electron chi connectivity index (χ3n) is 4.27. The zero-order valence-corrected chi connectivity index (χ0v) is 13.9. The van der Waals surface area contributed by atoms with Gasteiger partial charge >= 0.3 is 0 Å². The van der Waals surface area contributed by atoms with Gasteiger partial charge in [-0.15, -0.1) is 0 Å². The molecular weight excluding hydrogens is 264 g/mol. The predicted molar refractivity (Wildman–Crippen MR) is 89.2 cm³/mol. The van der Waals surface area contributed by atoms with Crippen LogP contribution in [0.3, 0.4) is 0 Å². The molecule has 20 heavy (non-hydrogen) atoms. The summed E-state index contributed by atoms with van der Waals surface area (Å²) in [6.45, 7) is 2.82. The predicted octanol–water partition coefficient (Wildman–Crippen LogP) is 3.30. The highest BCUT2D eigenvalue weighted by atomic mass is 28.3. The first-order chi connectivity index (χ1) is 9.79. The van der Waals surface area contributed by atoms with Crippen molar-refractivity contribution in [3.8, 4) is 0 Å². The van der Waals surface area contributed by atoms with Crippen LogP contribution >= 0.6 is 0 Å². The average Bonchev–Trinajstić information content (AvgIpc) is 2.51. The fourth-order valence-corrected chi connectivity index (χ4v) is 8.26. The van der Waals surface area contributed by atoms with E-state index in [0.29, 0.717) is 0 Å². The van der Waals surface area contributed by atoms with Crippen LogP contribution in [0.25, 0.3) is 0 Å². The van der Waals surface area contributed by atoms with E-state index in [-0.39, 0.29) is 13.2 Å². The summed E-state index contributed by atoms with van der Waals surface area (Å²) in [7, 11) is -1.57. The van der Waals surface area contributed by atoms with Crippen LogP contribution in [0.4, 0.5) is 0 Å². The summed E-state index contributed by atoms with van der Waals surface area (Å²) in [4.78, 5) is 0. The van der Waals surface area contributed by atoms with Gasteiger partial charge in [-0.3, -0.25) is 0 Å². The highest BCUT2D eigenvalue weighted by molar-refractivity contribution is 6.91. The normalized spacial score (nSPS) is 11.8. The molecule has 0 aliphatic rings. The smallest absolute Gasteiger partial charge is 0.0868 e. The molecule has 0 saturated heterocycles. The summed E-state index contributed by atoms with van der Waals surface area (Å²) >= 11 is 0. The first-order valence-electron chi connectivity index (χ1n) is 8.06. The summed E-state index contributed by atoms with van der Waals surface area (Å²) in [5.41, 5.74) is 0. The van der Waals surface area contributed by atoms with Gasteiger partial charge in [-0.25, -0.2) is 0 Å². The third kappa shape index (κ3) is 5.39. The summed E-state index contributed by atoms with van der Waals surface area (Å²) < 4.78 is 0. The molecule has 0 aliphatic carbocycles. The molecule has 1 aromatic rings. The third-order valence-corrected chi connectivity index (χ3v) is 9.76. The van der Waals surface area contributed by atoms with Crippen molar-refractivity contribution in [1.29, 1.82) is 0 Å². The van der Waals surface area contributed by atoms with Crippen molar-refractivity contribution in [2.24, 2.45) is 0 Å². The molecule has 1 rings (SSSR count). The SMILES string of the molecule is CCCCC[Si](CCCO)(CCCO)c1ccccc1. The first-order valence-corrected chi connectivity index (χ1v) is 10.7. The molecule has 2 nitrogen and oxygen atoms in total. The molecule has 2 N–H and O–H groups in total. The minimum Gasteiger partial charge on any atom is -0.396 e. The Bertz CT molecular complexity index is 332. The van der Waals surface area contributed by atoms with Gasteiger partial charge in [0.05, 0.1) is 8.07 Å². The highest BCUT2D eigenvalue weighted by Gasteiger charge is 2.33. The molecule has 0 aromatic heterocycles. The fourth-order valence-electron chi connectivity index (χ4n) is 3.15. The zero-order chi connectivity index (χ0) is 14.7. The maximum Gasteiger partial charge on any atom is 0.0868 e. The number of unbranched alkanes of at least 4 members (excludes halogenated alkanes) is 2. The quantitative estimate of drug-likeness (QED) is 0.485. The van der Waals surface area contributed by atoms with Crippen LogP contribution < -0.4 is 5.19 Å². The van der Waals surface area contributed by atoms with Crippen molar-refractivity contribution >= 4 is 13.3 Å². The highest BCUT2D eigenvalue weighted by Crippen LogP contribution is 2.27. The first kappa shape index (κ1) is 17.4. The van der Waals surface area contributed by atoms with Gasteiger partial charge in [-0.2, -0.15) is 0 Å². The number of benzene rings is 1. The van der Waals surface area contributed by atoms with Gasteiger partial charge in [0.15, 0.2) is 0 Å². The molecule has 0 spiro atoms.